The molecular weight excluding hydrogens is 440 g/mol. The minimum absolute atomic E-state index is 0.167. The van der Waals surface area contributed by atoms with Crippen LogP contribution in [0.25, 0.3) is 10.8 Å². The number of ether oxygens (including phenoxy) is 1. The summed E-state index contributed by atoms with van der Waals surface area (Å²) in [4.78, 5) is 30.9. The Hall–Kier alpha value is -4.00. The number of carbonyl (C=O) groups excluding carboxylic acids is 1. The number of carbonyl (C=O) groups is 1. The van der Waals surface area contributed by atoms with E-state index in [1.807, 2.05) is 36.4 Å². The molecular formula is C28H28N4O3. The van der Waals surface area contributed by atoms with E-state index in [9.17, 15) is 9.59 Å². The topological polar surface area (TPSA) is 86.1 Å². The molecule has 2 aromatic carbocycles. The maximum absolute atomic E-state index is 13.4. The summed E-state index contributed by atoms with van der Waals surface area (Å²) in [7, 11) is 0. The first-order valence-corrected chi connectivity index (χ1v) is 12.1. The largest absolute Gasteiger partial charge is 0.489 e. The van der Waals surface area contributed by atoms with E-state index in [1.165, 1.54) is 36.8 Å². The number of benzene rings is 2. The quantitative estimate of drug-likeness (QED) is 0.410. The maximum Gasteiger partial charge on any atom is 0.278 e. The zero-order valence-corrected chi connectivity index (χ0v) is 19.5. The second kappa shape index (κ2) is 10.5. The zero-order chi connectivity index (χ0) is 24.0. The molecule has 178 valence electrons. The lowest BCUT2D eigenvalue weighted by Gasteiger charge is -2.22. The summed E-state index contributed by atoms with van der Waals surface area (Å²) in [6.07, 6.45) is 7.72. The summed E-state index contributed by atoms with van der Waals surface area (Å²) >= 11 is 0. The van der Waals surface area contributed by atoms with Crippen LogP contribution in [0.4, 0.5) is 5.82 Å². The van der Waals surface area contributed by atoms with Crippen LogP contribution in [-0.2, 0) is 6.54 Å². The lowest BCUT2D eigenvalue weighted by molar-refractivity contribution is 0.102. The van der Waals surface area contributed by atoms with Gasteiger partial charge in [-0.2, -0.15) is 5.10 Å². The lowest BCUT2D eigenvalue weighted by Crippen LogP contribution is -2.28. The van der Waals surface area contributed by atoms with Gasteiger partial charge in [-0.25, -0.2) is 9.67 Å². The van der Waals surface area contributed by atoms with E-state index in [2.05, 4.69) is 15.4 Å². The Labute approximate surface area is 203 Å². The molecule has 5 rings (SSSR count). The van der Waals surface area contributed by atoms with E-state index in [4.69, 9.17) is 4.74 Å². The van der Waals surface area contributed by atoms with Crippen LogP contribution in [0.15, 0.2) is 77.7 Å². The Morgan fingerprint density at radius 2 is 1.69 bits per heavy atom. The number of fused-ring (bicyclic) bond motifs is 1. The van der Waals surface area contributed by atoms with Gasteiger partial charge in [0.2, 0.25) is 0 Å². The van der Waals surface area contributed by atoms with Crippen molar-refractivity contribution in [3.05, 3.63) is 94.5 Å². The predicted molar refractivity (Wildman–Crippen MR) is 136 cm³/mol. The summed E-state index contributed by atoms with van der Waals surface area (Å²) in [6, 6.07) is 20.2. The van der Waals surface area contributed by atoms with Gasteiger partial charge < -0.3 is 10.1 Å². The SMILES string of the molecule is O=C(Nc1ncccc1OCC1CCCCC1)c1nn(Cc2ccccc2)c(=O)c2ccccc12. The van der Waals surface area contributed by atoms with Gasteiger partial charge in [-0.15, -0.1) is 0 Å². The summed E-state index contributed by atoms with van der Waals surface area (Å²) < 4.78 is 7.41. The Morgan fingerprint density at radius 3 is 2.49 bits per heavy atom. The van der Waals surface area contributed by atoms with Crippen LogP contribution in [0.3, 0.4) is 0 Å². The summed E-state index contributed by atoms with van der Waals surface area (Å²) in [5, 5.41) is 8.27. The van der Waals surface area contributed by atoms with Crippen molar-refractivity contribution >= 4 is 22.5 Å². The van der Waals surface area contributed by atoms with Crippen molar-refractivity contribution in [3.63, 3.8) is 0 Å². The molecule has 1 amide bonds. The van der Waals surface area contributed by atoms with Crippen LogP contribution in [0, 0.1) is 5.92 Å². The number of nitrogens with one attached hydrogen (secondary N) is 1. The summed E-state index contributed by atoms with van der Waals surface area (Å²) in [5.74, 6) is 0.970. The first kappa shape index (κ1) is 22.8. The average Bonchev–Trinajstić information content (AvgIpc) is 2.91. The van der Waals surface area contributed by atoms with Crippen LogP contribution < -0.4 is 15.6 Å². The molecule has 7 heteroatoms. The average molecular weight is 469 g/mol. The van der Waals surface area contributed by atoms with Crippen LogP contribution in [-0.4, -0.2) is 27.3 Å². The minimum Gasteiger partial charge on any atom is -0.489 e. The molecule has 35 heavy (non-hydrogen) atoms. The lowest BCUT2D eigenvalue weighted by atomic mass is 9.90. The molecule has 2 aromatic heterocycles. The van der Waals surface area contributed by atoms with Gasteiger partial charge in [-0.05, 0) is 42.5 Å². The highest BCUT2D eigenvalue weighted by molar-refractivity contribution is 6.11. The number of pyridine rings is 1. The fourth-order valence-electron chi connectivity index (χ4n) is 4.60. The van der Waals surface area contributed by atoms with Gasteiger partial charge in [0.1, 0.15) is 0 Å². The molecule has 0 radical (unpaired) electrons. The molecule has 0 unspecified atom stereocenters. The fraction of sp³-hybridized carbons (Fsp3) is 0.286. The van der Waals surface area contributed by atoms with Gasteiger partial charge in [0.25, 0.3) is 11.5 Å². The minimum atomic E-state index is -0.441. The third-order valence-electron chi connectivity index (χ3n) is 6.46. The smallest absolute Gasteiger partial charge is 0.278 e. The summed E-state index contributed by atoms with van der Waals surface area (Å²) in [6.45, 7) is 0.877. The van der Waals surface area contributed by atoms with E-state index in [-0.39, 0.29) is 17.8 Å². The Bertz CT molecular complexity index is 1380. The predicted octanol–water partition coefficient (Wildman–Crippen LogP) is 5.05. The van der Waals surface area contributed by atoms with Crippen molar-refractivity contribution in [2.45, 2.75) is 38.6 Å². The summed E-state index contributed by atoms with van der Waals surface area (Å²) in [5.41, 5.74) is 0.849. The molecule has 0 saturated heterocycles. The highest BCUT2D eigenvalue weighted by atomic mass is 16.5. The van der Waals surface area contributed by atoms with Crippen LogP contribution >= 0.6 is 0 Å². The Morgan fingerprint density at radius 1 is 0.943 bits per heavy atom. The molecule has 4 aromatic rings. The molecule has 7 nitrogen and oxygen atoms in total. The van der Waals surface area contributed by atoms with Crippen molar-refractivity contribution in [1.82, 2.24) is 14.8 Å². The number of nitrogens with zero attached hydrogens (tertiary/aromatic N) is 3. The third kappa shape index (κ3) is 5.24. The maximum atomic E-state index is 13.4. The number of aromatic nitrogens is 3. The van der Waals surface area contributed by atoms with Gasteiger partial charge in [0.15, 0.2) is 17.3 Å². The van der Waals surface area contributed by atoms with Crippen LogP contribution in [0.5, 0.6) is 5.75 Å². The third-order valence-corrected chi connectivity index (χ3v) is 6.46. The van der Waals surface area contributed by atoms with Crippen molar-refractivity contribution < 1.29 is 9.53 Å². The second-order valence-corrected chi connectivity index (χ2v) is 8.96. The van der Waals surface area contributed by atoms with Crippen molar-refractivity contribution in [2.75, 3.05) is 11.9 Å². The first-order valence-electron chi connectivity index (χ1n) is 12.1. The van der Waals surface area contributed by atoms with Gasteiger partial charge in [-0.3, -0.25) is 9.59 Å². The van der Waals surface area contributed by atoms with Crippen molar-refractivity contribution in [1.29, 1.82) is 0 Å². The number of amides is 1. The molecule has 0 aliphatic heterocycles. The Kier molecular flexibility index (Phi) is 6.84. The standard InChI is InChI=1S/C28H28N4O3/c33-27(30-26-24(16-9-17-29-26)35-19-21-12-5-2-6-13-21)25-22-14-7-8-15-23(22)28(34)32(31-25)18-20-10-3-1-4-11-20/h1,3-4,7-11,14-17,21H,2,5-6,12-13,18-19H2,(H,29,30,33). The molecule has 1 fully saturated rings. The monoisotopic (exact) mass is 468 g/mol. The number of anilines is 1. The second-order valence-electron chi connectivity index (χ2n) is 8.96. The molecule has 0 spiro atoms. The van der Waals surface area contributed by atoms with Gasteiger partial charge in [-0.1, -0.05) is 67.8 Å². The zero-order valence-electron chi connectivity index (χ0n) is 19.5. The van der Waals surface area contributed by atoms with Gasteiger partial charge in [0.05, 0.1) is 18.5 Å². The van der Waals surface area contributed by atoms with E-state index >= 15 is 0 Å². The number of hydrogen-bond acceptors (Lipinski definition) is 5. The van der Waals surface area contributed by atoms with E-state index in [0.717, 1.165) is 5.56 Å². The van der Waals surface area contributed by atoms with Gasteiger partial charge in [0, 0.05) is 11.6 Å². The Balaban J connectivity index is 1.43. The molecule has 1 aliphatic rings. The van der Waals surface area contributed by atoms with E-state index in [0.29, 0.717) is 34.9 Å². The molecule has 1 N–H and O–H groups in total. The molecule has 1 aliphatic carbocycles. The molecule has 0 bridgehead atoms. The number of hydrogen-bond donors (Lipinski definition) is 1. The highest BCUT2D eigenvalue weighted by Gasteiger charge is 2.20. The molecule has 1 saturated carbocycles. The number of rotatable bonds is 7. The molecule has 0 atom stereocenters. The van der Waals surface area contributed by atoms with Crippen molar-refractivity contribution in [3.8, 4) is 5.75 Å². The van der Waals surface area contributed by atoms with E-state index in [1.54, 1.807) is 36.5 Å². The van der Waals surface area contributed by atoms with Crippen LogP contribution in [0.1, 0.15) is 48.2 Å². The van der Waals surface area contributed by atoms with E-state index < -0.39 is 5.91 Å². The van der Waals surface area contributed by atoms with Crippen LogP contribution in [0.2, 0.25) is 0 Å². The molecule has 2 heterocycles. The highest BCUT2D eigenvalue weighted by Crippen LogP contribution is 2.27. The fourth-order valence-corrected chi connectivity index (χ4v) is 4.60. The first-order chi connectivity index (χ1) is 17.2. The van der Waals surface area contributed by atoms with Crippen molar-refractivity contribution in [2.24, 2.45) is 5.92 Å². The van der Waals surface area contributed by atoms with Gasteiger partial charge >= 0.3 is 0 Å². The normalized spacial score (nSPS) is 14.1.